The average molecular weight is 507 g/mol. The van der Waals surface area contributed by atoms with Gasteiger partial charge in [0.15, 0.2) is 0 Å². The van der Waals surface area contributed by atoms with Gasteiger partial charge in [0.05, 0.1) is 12.1 Å². The Hall–Kier alpha value is -3.93. The third-order valence-corrected chi connectivity index (χ3v) is 7.29. The van der Waals surface area contributed by atoms with Crippen LogP contribution in [-0.4, -0.2) is 36.0 Å². The van der Waals surface area contributed by atoms with Gasteiger partial charge in [0.25, 0.3) is 0 Å². The van der Waals surface area contributed by atoms with Gasteiger partial charge in [-0.3, -0.25) is 0 Å². The molecule has 1 amide bonds. The standard InChI is InChI=1S/C33H34N2O3/c34-25(19-23-11-3-1-4-12-23)21-32(36)31(20-24-13-5-2-6-14-24)35-33(37)38-22-30-28-17-9-7-15-26(28)27-16-8-10-18-29(27)30/h1-18,25,30-32,36H,19-22,34H2,(H,35,37). The highest BCUT2D eigenvalue weighted by Gasteiger charge is 2.30. The summed E-state index contributed by atoms with van der Waals surface area (Å²) >= 11 is 0. The van der Waals surface area contributed by atoms with Gasteiger partial charge in [-0.1, -0.05) is 109 Å². The lowest BCUT2D eigenvalue weighted by atomic mass is 9.94. The van der Waals surface area contributed by atoms with Gasteiger partial charge in [0.2, 0.25) is 0 Å². The average Bonchev–Trinajstić information content (AvgIpc) is 3.26. The van der Waals surface area contributed by atoms with Crippen LogP contribution in [0, 0.1) is 0 Å². The number of fused-ring (bicyclic) bond motifs is 3. The molecule has 5 rings (SSSR count). The Morgan fingerprint density at radius 2 is 1.26 bits per heavy atom. The maximum atomic E-state index is 13.0. The molecular formula is C33H34N2O3. The molecule has 0 spiro atoms. The molecule has 5 nitrogen and oxygen atoms in total. The number of aliphatic hydroxyl groups excluding tert-OH is 1. The molecule has 0 radical (unpaired) electrons. The summed E-state index contributed by atoms with van der Waals surface area (Å²) in [6.07, 6.45) is 0.124. The second-order valence-electron chi connectivity index (χ2n) is 10.0. The van der Waals surface area contributed by atoms with Gasteiger partial charge >= 0.3 is 6.09 Å². The third-order valence-electron chi connectivity index (χ3n) is 7.29. The van der Waals surface area contributed by atoms with E-state index in [0.29, 0.717) is 19.3 Å². The second-order valence-corrected chi connectivity index (χ2v) is 10.0. The number of hydrogen-bond acceptors (Lipinski definition) is 4. The van der Waals surface area contributed by atoms with Crippen LogP contribution in [0.25, 0.3) is 11.1 Å². The first-order chi connectivity index (χ1) is 18.6. The van der Waals surface area contributed by atoms with Crippen molar-refractivity contribution < 1.29 is 14.6 Å². The van der Waals surface area contributed by atoms with Crippen LogP contribution in [0.5, 0.6) is 0 Å². The summed E-state index contributed by atoms with van der Waals surface area (Å²) in [5.41, 5.74) is 13.2. The first kappa shape index (κ1) is 25.7. The Kier molecular flexibility index (Phi) is 8.17. The minimum atomic E-state index is -0.825. The molecule has 0 aromatic heterocycles. The normalized spacial score (nSPS) is 14.7. The number of hydrogen-bond donors (Lipinski definition) is 3. The third kappa shape index (κ3) is 6.13. The Bertz CT molecular complexity index is 1300. The molecule has 0 saturated heterocycles. The Balaban J connectivity index is 1.25. The summed E-state index contributed by atoms with van der Waals surface area (Å²) in [5.74, 6) is -0.0232. The number of nitrogens with one attached hydrogen (secondary N) is 1. The fraction of sp³-hybridized carbons (Fsp3) is 0.242. The molecule has 38 heavy (non-hydrogen) atoms. The minimum Gasteiger partial charge on any atom is -0.449 e. The fourth-order valence-corrected chi connectivity index (χ4v) is 5.42. The summed E-state index contributed by atoms with van der Waals surface area (Å²) < 4.78 is 5.77. The summed E-state index contributed by atoms with van der Waals surface area (Å²) in [5, 5.41) is 14.1. The summed E-state index contributed by atoms with van der Waals surface area (Å²) in [7, 11) is 0. The van der Waals surface area contributed by atoms with Crippen molar-refractivity contribution in [1.82, 2.24) is 5.32 Å². The molecule has 0 aliphatic heterocycles. The van der Waals surface area contributed by atoms with Gasteiger partial charge in [0.1, 0.15) is 6.61 Å². The topological polar surface area (TPSA) is 84.6 Å². The maximum absolute atomic E-state index is 13.0. The van der Waals surface area contributed by atoms with Crippen LogP contribution in [-0.2, 0) is 17.6 Å². The van der Waals surface area contributed by atoms with Gasteiger partial charge in [0, 0.05) is 12.0 Å². The second kappa shape index (κ2) is 12.1. The molecule has 5 heteroatoms. The van der Waals surface area contributed by atoms with E-state index in [1.165, 1.54) is 11.1 Å². The number of ether oxygens (including phenoxy) is 1. The van der Waals surface area contributed by atoms with E-state index in [2.05, 4.69) is 29.6 Å². The molecule has 0 fully saturated rings. The first-order valence-corrected chi connectivity index (χ1v) is 13.2. The van der Waals surface area contributed by atoms with Crippen molar-refractivity contribution in [2.45, 2.75) is 43.4 Å². The fourth-order valence-electron chi connectivity index (χ4n) is 5.42. The van der Waals surface area contributed by atoms with Gasteiger partial charge in [-0.15, -0.1) is 0 Å². The number of benzene rings is 4. The lowest BCUT2D eigenvalue weighted by Crippen LogP contribution is -2.47. The summed E-state index contributed by atoms with van der Waals surface area (Å²) in [4.78, 5) is 13.0. The maximum Gasteiger partial charge on any atom is 0.407 e. The number of nitrogens with two attached hydrogens (primary N) is 1. The molecule has 0 bridgehead atoms. The zero-order valence-corrected chi connectivity index (χ0v) is 21.4. The predicted molar refractivity (Wildman–Crippen MR) is 151 cm³/mol. The van der Waals surface area contributed by atoms with E-state index in [1.807, 2.05) is 84.9 Å². The lowest BCUT2D eigenvalue weighted by molar-refractivity contribution is 0.0936. The van der Waals surface area contributed by atoms with Gasteiger partial charge in [-0.2, -0.15) is 0 Å². The SMILES string of the molecule is NC(Cc1ccccc1)CC(O)C(Cc1ccccc1)NC(=O)OCC1c2ccccc2-c2ccccc21. The van der Waals surface area contributed by atoms with Crippen molar-refractivity contribution in [3.63, 3.8) is 0 Å². The zero-order valence-electron chi connectivity index (χ0n) is 21.4. The number of amides is 1. The molecule has 4 N–H and O–H groups in total. The lowest BCUT2D eigenvalue weighted by Gasteiger charge is -2.26. The molecule has 3 atom stereocenters. The molecular weight excluding hydrogens is 472 g/mol. The quantitative estimate of drug-likeness (QED) is 0.267. The predicted octanol–water partition coefficient (Wildman–Crippen LogP) is 5.46. The number of alkyl carbamates (subject to hydrolysis) is 1. The molecule has 3 unspecified atom stereocenters. The van der Waals surface area contributed by atoms with E-state index in [9.17, 15) is 9.90 Å². The molecule has 1 aliphatic carbocycles. The van der Waals surface area contributed by atoms with Crippen LogP contribution >= 0.6 is 0 Å². The van der Waals surface area contributed by atoms with Crippen LogP contribution in [0.3, 0.4) is 0 Å². The molecule has 0 saturated carbocycles. The Morgan fingerprint density at radius 3 is 1.84 bits per heavy atom. The highest BCUT2D eigenvalue weighted by Crippen LogP contribution is 2.44. The van der Waals surface area contributed by atoms with E-state index in [1.54, 1.807) is 0 Å². The van der Waals surface area contributed by atoms with Crippen molar-refractivity contribution in [3.05, 3.63) is 131 Å². The van der Waals surface area contributed by atoms with Crippen LogP contribution in [0.4, 0.5) is 4.79 Å². The highest BCUT2D eigenvalue weighted by atomic mass is 16.5. The van der Waals surface area contributed by atoms with Crippen LogP contribution in [0.2, 0.25) is 0 Å². The van der Waals surface area contributed by atoms with E-state index in [4.69, 9.17) is 10.5 Å². The Labute approximate surface area is 224 Å². The van der Waals surface area contributed by atoms with Crippen molar-refractivity contribution >= 4 is 6.09 Å². The summed E-state index contributed by atoms with van der Waals surface area (Å²) in [6, 6.07) is 35.6. The van der Waals surface area contributed by atoms with Crippen LogP contribution in [0.1, 0.15) is 34.6 Å². The van der Waals surface area contributed by atoms with Crippen LogP contribution in [0.15, 0.2) is 109 Å². The smallest absolute Gasteiger partial charge is 0.407 e. The molecule has 0 heterocycles. The number of rotatable bonds is 10. The number of aliphatic hydroxyl groups is 1. The van der Waals surface area contributed by atoms with Crippen molar-refractivity contribution in [3.8, 4) is 11.1 Å². The number of carbonyl (C=O) groups excluding carboxylic acids is 1. The largest absolute Gasteiger partial charge is 0.449 e. The van der Waals surface area contributed by atoms with Crippen LogP contribution < -0.4 is 11.1 Å². The van der Waals surface area contributed by atoms with Crippen molar-refractivity contribution in [2.75, 3.05) is 6.61 Å². The monoisotopic (exact) mass is 506 g/mol. The molecule has 1 aliphatic rings. The molecule has 194 valence electrons. The highest BCUT2D eigenvalue weighted by molar-refractivity contribution is 5.79. The zero-order chi connectivity index (χ0) is 26.3. The number of carbonyl (C=O) groups is 1. The van der Waals surface area contributed by atoms with E-state index in [0.717, 1.165) is 22.3 Å². The van der Waals surface area contributed by atoms with E-state index >= 15 is 0 Å². The summed E-state index contributed by atoms with van der Waals surface area (Å²) in [6.45, 7) is 0.224. The molecule has 4 aromatic rings. The first-order valence-electron chi connectivity index (χ1n) is 13.2. The van der Waals surface area contributed by atoms with E-state index < -0.39 is 18.2 Å². The van der Waals surface area contributed by atoms with Gasteiger partial charge in [-0.25, -0.2) is 4.79 Å². The molecule has 4 aromatic carbocycles. The van der Waals surface area contributed by atoms with Gasteiger partial charge < -0.3 is 20.9 Å². The Morgan fingerprint density at radius 1 is 0.763 bits per heavy atom. The van der Waals surface area contributed by atoms with Crippen molar-refractivity contribution in [1.29, 1.82) is 0 Å². The van der Waals surface area contributed by atoms with Crippen molar-refractivity contribution in [2.24, 2.45) is 5.73 Å². The van der Waals surface area contributed by atoms with Gasteiger partial charge in [-0.05, 0) is 52.6 Å². The van der Waals surface area contributed by atoms with E-state index in [-0.39, 0.29) is 18.6 Å². The minimum absolute atomic E-state index is 0.0232.